The second-order valence-electron chi connectivity index (χ2n) is 5.58. The summed E-state index contributed by atoms with van der Waals surface area (Å²) in [4.78, 5) is 12.3. The van der Waals surface area contributed by atoms with Gasteiger partial charge in [0.25, 0.3) is 15.0 Å². The molecule has 1 unspecified atom stereocenters. The largest absolute Gasteiger partial charge is 0.381 e. The molecule has 116 valence electrons. The van der Waals surface area contributed by atoms with Crippen molar-refractivity contribution in [3.05, 3.63) is 18.0 Å². The molecule has 2 aliphatic rings. The van der Waals surface area contributed by atoms with E-state index in [2.05, 4.69) is 5.32 Å². The summed E-state index contributed by atoms with van der Waals surface area (Å²) in [6.07, 6.45) is 4.29. The molecule has 6 nitrogen and oxygen atoms in total. The molecule has 1 aliphatic heterocycles. The quantitative estimate of drug-likeness (QED) is 0.829. The Morgan fingerprint density at radius 1 is 1.43 bits per heavy atom. The van der Waals surface area contributed by atoms with Gasteiger partial charge in [-0.15, -0.1) is 0 Å². The average molecular weight is 333 g/mol. The molecule has 21 heavy (non-hydrogen) atoms. The van der Waals surface area contributed by atoms with Gasteiger partial charge in [0.2, 0.25) is 0 Å². The Morgan fingerprint density at radius 2 is 2.19 bits per heavy atom. The van der Waals surface area contributed by atoms with Gasteiger partial charge in [-0.05, 0) is 25.3 Å². The first-order valence-corrected chi connectivity index (χ1v) is 9.28. The molecule has 0 spiro atoms. The average Bonchev–Trinajstić information content (AvgIpc) is 2.96. The monoisotopic (exact) mass is 332 g/mol. The summed E-state index contributed by atoms with van der Waals surface area (Å²) in [5.41, 5.74) is 0.357. The second kappa shape index (κ2) is 5.62. The molecule has 1 atom stereocenters. The zero-order valence-electron chi connectivity index (χ0n) is 11.4. The molecule has 0 radical (unpaired) electrons. The molecule has 2 fully saturated rings. The number of carbonyl (C=O) groups excluding carboxylic acids is 1. The van der Waals surface area contributed by atoms with Crippen molar-refractivity contribution >= 4 is 25.6 Å². The Labute approximate surface area is 127 Å². The minimum atomic E-state index is -3.82. The van der Waals surface area contributed by atoms with Gasteiger partial charge in [0.1, 0.15) is 10.6 Å². The molecule has 2 heterocycles. The Hall–Kier alpha value is -1.05. The van der Waals surface area contributed by atoms with Gasteiger partial charge in [-0.1, -0.05) is 0 Å². The van der Waals surface area contributed by atoms with Crippen molar-refractivity contribution in [3.63, 3.8) is 0 Å². The molecule has 1 aliphatic carbocycles. The van der Waals surface area contributed by atoms with Gasteiger partial charge in [0.05, 0.1) is 6.61 Å². The maximum atomic E-state index is 12.3. The molecule has 1 saturated heterocycles. The van der Waals surface area contributed by atoms with Crippen LogP contribution in [0.25, 0.3) is 0 Å². The summed E-state index contributed by atoms with van der Waals surface area (Å²) in [5, 5.41) is 2.85. The van der Waals surface area contributed by atoms with Gasteiger partial charge >= 0.3 is 0 Å². The van der Waals surface area contributed by atoms with Crippen molar-refractivity contribution in [1.82, 2.24) is 9.88 Å². The number of halogens is 1. The second-order valence-corrected chi connectivity index (χ2v) is 8.14. The lowest BCUT2D eigenvalue weighted by Gasteiger charge is -2.11. The molecular weight excluding hydrogens is 316 g/mol. The number of nitrogens with one attached hydrogen (secondary N) is 1. The van der Waals surface area contributed by atoms with Crippen LogP contribution in [-0.4, -0.2) is 38.7 Å². The summed E-state index contributed by atoms with van der Waals surface area (Å²) >= 11 is 0. The zero-order valence-corrected chi connectivity index (χ0v) is 13.0. The Kier molecular flexibility index (Phi) is 3.98. The minimum absolute atomic E-state index is 0.0228. The third-order valence-electron chi connectivity index (χ3n) is 3.85. The number of ether oxygens (including phenoxy) is 1. The van der Waals surface area contributed by atoms with E-state index < -0.39 is 9.05 Å². The number of carbonyl (C=O) groups is 1. The van der Waals surface area contributed by atoms with E-state index in [9.17, 15) is 13.2 Å². The maximum absolute atomic E-state index is 12.3. The number of nitrogens with zero attached hydrogens (tertiary/aromatic N) is 1. The van der Waals surface area contributed by atoms with Crippen molar-refractivity contribution in [2.45, 2.75) is 30.2 Å². The highest BCUT2D eigenvalue weighted by Gasteiger charge is 2.30. The minimum Gasteiger partial charge on any atom is -0.381 e. The lowest BCUT2D eigenvalue weighted by Crippen LogP contribution is -2.30. The maximum Gasteiger partial charge on any atom is 0.267 e. The highest BCUT2D eigenvalue weighted by molar-refractivity contribution is 8.13. The molecule has 0 bridgehead atoms. The van der Waals surface area contributed by atoms with E-state index in [4.69, 9.17) is 15.4 Å². The molecule has 1 aromatic heterocycles. The Balaban J connectivity index is 1.76. The molecule has 1 saturated carbocycles. The van der Waals surface area contributed by atoms with Crippen LogP contribution in [-0.2, 0) is 13.8 Å². The summed E-state index contributed by atoms with van der Waals surface area (Å²) in [5.74, 6) is 0.0647. The molecule has 8 heteroatoms. The van der Waals surface area contributed by atoms with Gasteiger partial charge in [0, 0.05) is 42.0 Å². The Bertz CT molecular complexity index is 645. The van der Waals surface area contributed by atoms with Crippen LogP contribution in [0.5, 0.6) is 0 Å². The first kappa shape index (κ1) is 14.9. The van der Waals surface area contributed by atoms with Crippen molar-refractivity contribution in [3.8, 4) is 0 Å². The van der Waals surface area contributed by atoms with E-state index in [0.29, 0.717) is 24.8 Å². The van der Waals surface area contributed by atoms with Gasteiger partial charge in [-0.2, -0.15) is 0 Å². The highest BCUT2D eigenvalue weighted by Crippen LogP contribution is 2.37. The molecular formula is C13H17ClN2O4S. The third-order valence-corrected chi connectivity index (χ3v) is 5.17. The lowest BCUT2D eigenvalue weighted by atomic mass is 10.1. The molecule has 1 aromatic rings. The van der Waals surface area contributed by atoms with E-state index >= 15 is 0 Å². The first-order valence-electron chi connectivity index (χ1n) is 6.97. The van der Waals surface area contributed by atoms with E-state index in [-0.39, 0.29) is 16.8 Å². The van der Waals surface area contributed by atoms with Crippen LogP contribution >= 0.6 is 10.7 Å². The fourth-order valence-corrected chi connectivity index (χ4v) is 3.24. The van der Waals surface area contributed by atoms with Gasteiger partial charge in [0.15, 0.2) is 0 Å². The first-order chi connectivity index (χ1) is 9.95. The van der Waals surface area contributed by atoms with Crippen LogP contribution in [0, 0.1) is 5.92 Å². The Morgan fingerprint density at radius 3 is 2.76 bits per heavy atom. The van der Waals surface area contributed by atoms with Crippen molar-refractivity contribution in [1.29, 1.82) is 0 Å². The zero-order chi connectivity index (χ0) is 15.0. The number of hydrogen-bond donors (Lipinski definition) is 1. The summed E-state index contributed by atoms with van der Waals surface area (Å²) in [6, 6.07) is 1.55. The van der Waals surface area contributed by atoms with Crippen LogP contribution in [0.1, 0.15) is 35.8 Å². The number of aromatic nitrogens is 1. The fourth-order valence-electron chi connectivity index (χ4n) is 2.50. The summed E-state index contributed by atoms with van der Waals surface area (Å²) in [7, 11) is 1.54. The number of rotatable bonds is 5. The van der Waals surface area contributed by atoms with Crippen LogP contribution in [0.4, 0.5) is 0 Å². The van der Waals surface area contributed by atoms with Crippen LogP contribution in [0.2, 0.25) is 0 Å². The van der Waals surface area contributed by atoms with Crippen LogP contribution < -0.4 is 5.32 Å². The normalized spacial score (nSPS) is 22.4. The topological polar surface area (TPSA) is 77.4 Å². The predicted octanol–water partition coefficient (Wildman–Crippen LogP) is 1.52. The van der Waals surface area contributed by atoms with Gasteiger partial charge in [-0.25, -0.2) is 8.42 Å². The molecule has 1 amide bonds. The predicted molar refractivity (Wildman–Crippen MR) is 77.0 cm³/mol. The summed E-state index contributed by atoms with van der Waals surface area (Å²) < 4.78 is 29.9. The number of hydrogen-bond acceptors (Lipinski definition) is 4. The SMILES string of the molecule is O=C(NCC1CCOC1)c1cc(S(=O)(=O)Cl)cn1C1CC1. The molecule has 3 rings (SSSR count). The van der Waals surface area contributed by atoms with E-state index in [1.165, 1.54) is 12.3 Å². The molecule has 1 N–H and O–H groups in total. The standard InChI is InChI=1S/C13H17ClN2O4S/c14-21(18,19)11-5-12(16(7-11)10-1-2-10)13(17)15-6-9-3-4-20-8-9/h5,7,9-10H,1-4,6,8H2,(H,15,17). The van der Waals surface area contributed by atoms with Gasteiger partial charge < -0.3 is 14.6 Å². The van der Waals surface area contributed by atoms with Crippen molar-refractivity contribution in [2.24, 2.45) is 5.92 Å². The highest BCUT2D eigenvalue weighted by atomic mass is 35.7. The lowest BCUT2D eigenvalue weighted by molar-refractivity contribution is 0.0935. The van der Waals surface area contributed by atoms with E-state index in [0.717, 1.165) is 25.9 Å². The van der Waals surface area contributed by atoms with E-state index in [1.807, 2.05) is 0 Å². The van der Waals surface area contributed by atoms with E-state index in [1.54, 1.807) is 4.57 Å². The third kappa shape index (κ3) is 3.41. The fraction of sp³-hybridized carbons (Fsp3) is 0.615. The molecule has 0 aromatic carbocycles. The smallest absolute Gasteiger partial charge is 0.267 e. The summed E-state index contributed by atoms with van der Waals surface area (Å²) in [6.45, 7) is 1.93. The van der Waals surface area contributed by atoms with Gasteiger partial charge in [-0.3, -0.25) is 4.79 Å². The number of amides is 1. The van der Waals surface area contributed by atoms with Crippen LogP contribution in [0.3, 0.4) is 0 Å². The van der Waals surface area contributed by atoms with Crippen molar-refractivity contribution in [2.75, 3.05) is 19.8 Å². The van der Waals surface area contributed by atoms with Crippen LogP contribution in [0.15, 0.2) is 17.2 Å². The van der Waals surface area contributed by atoms with Crippen molar-refractivity contribution < 1.29 is 17.9 Å².